The summed E-state index contributed by atoms with van der Waals surface area (Å²) < 4.78 is 12.7. The Hall–Kier alpha value is -4.52. The summed E-state index contributed by atoms with van der Waals surface area (Å²) in [5.41, 5.74) is 4.22. The highest BCUT2D eigenvalue weighted by Gasteiger charge is 2.24. The average molecular weight is 498 g/mol. The number of nitrogens with zero attached hydrogens (tertiary/aromatic N) is 7. The lowest BCUT2D eigenvalue weighted by Crippen LogP contribution is -2.39. The SMILES string of the molecule is COc1c(-c2ncc3nc(C4=CCN(C(=O)OC(C)(C)C)CC4)ccc3n2)cc2cn(C)nc2c1C#N. The third-order valence-electron chi connectivity index (χ3n) is 6.05. The summed E-state index contributed by atoms with van der Waals surface area (Å²) >= 11 is 0. The maximum Gasteiger partial charge on any atom is 0.410 e. The molecule has 0 fully saturated rings. The van der Waals surface area contributed by atoms with Gasteiger partial charge in [0.15, 0.2) is 5.82 Å². The zero-order valence-corrected chi connectivity index (χ0v) is 21.4. The van der Waals surface area contributed by atoms with Gasteiger partial charge in [-0.1, -0.05) is 6.08 Å². The molecule has 10 heteroatoms. The van der Waals surface area contributed by atoms with E-state index in [1.54, 1.807) is 22.8 Å². The molecule has 0 aliphatic carbocycles. The summed E-state index contributed by atoms with van der Waals surface area (Å²) in [7, 11) is 3.32. The number of nitriles is 1. The Balaban J connectivity index is 1.45. The number of ether oxygens (including phenoxy) is 2. The van der Waals surface area contributed by atoms with Crippen LogP contribution < -0.4 is 4.74 Å². The summed E-state index contributed by atoms with van der Waals surface area (Å²) in [5, 5.41) is 15.0. The van der Waals surface area contributed by atoms with Gasteiger partial charge in [0, 0.05) is 31.7 Å². The smallest absolute Gasteiger partial charge is 0.410 e. The first-order valence-corrected chi connectivity index (χ1v) is 11.9. The van der Waals surface area contributed by atoms with Crippen molar-refractivity contribution in [2.24, 2.45) is 7.05 Å². The van der Waals surface area contributed by atoms with Gasteiger partial charge in [-0.2, -0.15) is 10.4 Å². The van der Waals surface area contributed by atoms with E-state index in [0.29, 0.717) is 58.8 Å². The normalized spacial score (nSPS) is 13.9. The van der Waals surface area contributed by atoms with Crippen molar-refractivity contribution in [3.63, 3.8) is 0 Å². The molecule has 0 saturated carbocycles. The van der Waals surface area contributed by atoms with Crippen LogP contribution in [0.25, 0.3) is 38.9 Å². The van der Waals surface area contributed by atoms with Gasteiger partial charge in [0.1, 0.15) is 34.0 Å². The van der Waals surface area contributed by atoms with E-state index in [-0.39, 0.29) is 6.09 Å². The predicted octanol–water partition coefficient (Wildman–Crippen LogP) is 4.48. The number of carbonyl (C=O) groups excluding carboxylic acids is 1. The van der Waals surface area contributed by atoms with Crippen molar-refractivity contribution < 1.29 is 14.3 Å². The molecule has 1 aliphatic rings. The van der Waals surface area contributed by atoms with Crippen LogP contribution in [0, 0.1) is 11.3 Å². The molecule has 5 rings (SSSR count). The van der Waals surface area contributed by atoms with Crippen LogP contribution in [0.4, 0.5) is 4.79 Å². The van der Waals surface area contributed by atoms with E-state index in [4.69, 9.17) is 19.4 Å². The fourth-order valence-corrected chi connectivity index (χ4v) is 4.38. The maximum absolute atomic E-state index is 12.4. The molecule has 0 atom stereocenters. The van der Waals surface area contributed by atoms with Gasteiger partial charge in [-0.3, -0.25) is 4.68 Å². The molecular weight excluding hydrogens is 470 g/mol. The number of pyridine rings is 1. The summed E-state index contributed by atoms with van der Waals surface area (Å²) in [4.78, 5) is 28.1. The Bertz CT molecular complexity index is 1610. The number of carbonyl (C=O) groups is 1. The third kappa shape index (κ3) is 4.68. The molecule has 0 unspecified atom stereocenters. The number of hydrogen-bond donors (Lipinski definition) is 0. The number of aryl methyl sites for hydroxylation is 1. The monoisotopic (exact) mass is 497 g/mol. The van der Waals surface area contributed by atoms with Crippen molar-refractivity contribution in [2.45, 2.75) is 32.8 Å². The molecule has 1 amide bonds. The highest BCUT2D eigenvalue weighted by molar-refractivity contribution is 5.93. The molecule has 0 bridgehead atoms. The van der Waals surface area contributed by atoms with Gasteiger partial charge in [0.25, 0.3) is 0 Å². The van der Waals surface area contributed by atoms with E-state index in [1.807, 2.05) is 51.2 Å². The van der Waals surface area contributed by atoms with Gasteiger partial charge < -0.3 is 14.4 Å². The van der Waals surface area contributed by atoms with Gasteiger partial charge in [-0.05, 0) is 51.0 Å². The van der Waals surface area contributed by atoms with E-state index in [9.17, 15) is 10.1 Å². The molecule has 37 heavy (non-hydrogen) atoms. The first-order chi connectivity index (χ1) is 17.7. The maximum atomic E-state index is 12.4. The number of methoxy groups -OCH3 is 1. The summed E-state index contributed by atoms with van der Waals surface area (Å²) in [6, 6.07) is 7.92. The van der Waals surface area contributed by atoms with Crippen molar-refractivity contribution in [3.8, 4) is 23.2 Å². The second kappa shape index (κ2) is 9.17. The molecule has 1 aromatic carbocycles. The van der Waals surface area contributed by atoms with E-state index in [1.165, 1.54) is 7.11 Å². The lowest BCUT2D eigenvalue weighted by molar-refractivity contribution is 0.0270. The van der Waals surface area contributed by atoms with Crippen molar-refractivity contribution in [1.82, 2.24) is 29.6 Å². The molecule has 188 valence electrons. The number of fused-ring (bicyclic) bond motifs is 2. The molecule has 1 aliphatic heterocycles. The summed E-state index contributed by atoms with van der Waals surface area (Å²) in [6.45, 7) is 6.61. The third-order valence-corrected chi connectivity index (χ3v) is 6.05. The van der Waals surface area contributed by atoms with Crippen LogP contribution >= 0.6 is 0 Å². The molecule has 10 nitrogen and oxygen atoms in total. The van der Waals surface area contributed by atoms with Crippen LogP contribution in [-0.4, -0.2) is 61.5 Å². The van der Waals surface area contributed by atoms with E-state index >= 15 is 0 Å². The zero-order chi connectivity index (χ0) is 26.3. The highest BCUT2D eigenvalue weighted by atomic mass is 16.6. The first kappa shape index (κ1) is 24.2. The molecule has 0 saturated heterocycles. The lowest BCUT2D eigenvalue weighted by Gasteiger charge is -2.29. The lowest BCUT2D eigenvalue weighted by atomic mass is 10.0. The quantitative estimate of drug-likeness (QED) is 0.406. The largest absolute Gasteiger partial charge is 0.495 e. The Kier molecular flexibility index (Phi) is 5.99. The second-order valence-electron chi connectivity index (χ2n) is 9.88. The molecule has 0 spiro atoms. The minimum Gasteiger partial charge on any atom is -0.495 e. The number of aromatic nitrogens is 5. The molecule has 3 aromatic heterocycles. The van der Waals surface area contributed by atoms with E-state index in [2.05, 4.69) is 16.2 Å². The minimum absolute atomic E-state index is 0.311. The standard InChI is InChI=1S/C27H27N7O3/c1-27(2,3)37-26(35)34-10-8-16(9-11-34)20-6-7-21-22(30-20)14-29-25(31-21)18-12-17-15-33(4)32-23(17)19(13-28)24(18)36-5/h6-8,12,14-15H,9-11H2,1-5H3. The highest BCUT2D eigenvalue weighted by Crippen LogP contribution is 2.36. The van der Waals surface area contributed by atoms with Gasteiger partial charge in [0.2, 0.25) is 0 Å². The molecule has 0 radical (unpaired) electrons. The number of benzene rings is 1. The van der Waals surface area contributed by atoms with Crippen molar-refractivity contribution in [3.05, 3.63) is 47.9 Å². The topological polar surface area (TPSA) is 119 Å². The average Bonchev–Trinajstić information content (AvgIpc) is 3.25. The number of rotatable bonds is 3. The fraction of sp³-hybridized carbons (Fsp3) is 0.333. The Labute approximate surface area is 214 Å². The molecular formula is C27H27N7O3. The second-order valence-corrected chi connectivity index (χ2v) is 9.88. The van der Waals surface area contributed by atoms with Gasteiger partial charge >= 0.3 is 6.09 Å². The van der Waals surface area contributed by atoms with Crippen LogP contribution in [0.3, 0.4) is 0 Å². The molecule has 4 aromatic rings. The summed E-state index contributed by atoms with van der Waals surface area (Å²) in [5.74, 6) is 0.825. The van der Waals surface area contributed by atoms with Crippen molar-refractivity contribution >= 4 is 33.6 Å². The van der Waals surface area contributed by atoms with Crippen molar-refractivity contribution in [2.75, 3.05) is 20.2 Å². The van der Waals surface area contributed by atoms with Crippen LogP contribution in [0.1, 0.15) is 38.4 Å². The Morgan fingerprint density at radius 2 is 2.00 bits per heavy atom. The Morgan fingerprint density at radius 1 is 1.19 bits per heavy atom. The van der Waals surface area contributed by atoms with Crippen LogP contribution in [-0.2, 0) is 11.8 Å². The van der Waals surface area contributed by atoms with Crippen LogP contribution in [0.5, 0.6) is 5.75 Å². The van der Waals surface area contributed by atoms with Crippen molar-refractivity contribution in [1.29, 1.82) is 5.26 Å². The van der Waals surface area contributed by atoms with Crippen LogP contribution in [0.15, 0.2) is 36.7 Å². The Morgan fingerprint density at radius 3 is 2.68 bits per heavy atom. The van der Waals surface area contributed by atoms with E-state index < -0.39 is 5.60 Å². The molecule has 4 heterocycles. The number of hydrogen-bond acceptors (Lipinski definition) is 8. The number of amides is 1. The van der Waals surface area contributed by atoms with Crippen LogP contribution in [0.2, 0.25) is 0 Å². The van der Waals surface area contributed by atoms with E-state index in [0.717, 1.165) is 16.7 Å². The minimum atomic E-state index is -0.524. The first-order valence-electron chi connectivity index (χ1n) is 11.9. The fourth-order valence-electron chi connectivity index (χ4n) is 4.38. The zero-order valence-electron chi connectivity index (χ0n) is 21.4. The van der Waals surface area contributed by atoms with Gasteiger partial charge in [-0.25, -0.2) is 19.7 Å². The summed E-state index contributed by atoms with van der Waals surface area (Å²) in [6.07, 6.45) is 5.89. The van der Waals surface area contributed by atoms with Gasteiger partial charge in [0.05, 0.1) is 30.1 Å². The molecule has 0 N–H and O–H groups in total. The predicted molar refractivity (Wildman–Crippen MR) is 139 cm³/mol. The van der Waals surface area contributed by atoms with Gasteiger partial charge in [-0.15, -0.1) is 0 Å².